The summed E-state index contributed by atoms with van der Waals surface area (Å²) in [5.74, 6) is 0. The zero-order chi connectivity index (χ0) is 13.5. The average Bonchev–Trinajstić information content (AvgIpc) is 3.22. The van der Waals surface area contributed by atoms with Crippen molar-refractivity contribution in [1.29, 1.82) is 0 Å². The van der Waals surface area contributed by atoms with Gasteiger partial charge < -0.3 is 10.1 Å². The summed E-state index contributed by atoms with van der Waals surface area (Å²) in [4.78, 5) is 0. The summed E-state index contributed by atoms with van der Waals surface area (Å²) in [5, 5.41) is 8.32. The van der Waals surface area contributed by atoms with Gasteiger partial charge in [-0.3, -0.25) is 4.68 Å². The number of benzene rings is 1. The molecule has 1 aromatic carbocycles. The number of fused-ring (bicyclic) bond motifs is 1. The molecule has 4 nitrogen and oxygen atoms in total. The maximum atomic E-state index is 5.36. The quantitative estimate of drug-likeness (QED) is 0.655. The zero-order valence-corrected chi connectivity index (χ0v) is 13.3. The Morgan fingerprint density at radius 1 is 1.35 bits per heavy atom. The van der Waals surface area contributed by atoms with Crippen LogP contribution in [0.15, 0.2) is 24.3 Å². The van der Waals surface area contributed by atoms with E-state index in [0.29, 0.717) is 6.10 Å². The number of rotatable bonds is 3. The molecule has 1 saturated heterocycles. The Morgan fingerprint density at radius 3 is 2.90 bits per heavy atom. The second kappa shape index (κ2) is 5.13. The first kappa shape index (κ1) is 12.8. The van der Waals surface area contributed by atoms with Crippen LogP contribution < -0.4 is 5.32 Å². The molecule has 1 N–H and O–H groups in total. The van der Waals surface area contributed by atoms with E-state index in [0.717, 1.165) is 38.4 Å². The molecule has 1 unspecified atom stereocenters. The predicted molar refractivity (Wildman–Crippen MR) is 85.5 cm³/mol. The minimum absolute atomic E-state index is 0.374. The molecule has 0 saturated carbocycles. The average molecular weight is 381 g/mol. The Kier molecular flexibility index (Phi) is 3.28. The number of hydrogen-bond donors (Lipinski definition) is 1. The fourth-order valence-electron chi connectivity index (χ4n) is 2.78. The van der Waals surface area contributed by atoms with Crippen LogP contribution in [-0.4, -0.2) is 29.0 Å². The molecule has 1 atom stereocenters. The summed E-state index contributed by atoms with van der Waals surface area (Å²) in [6.07, 6.45) is 1.43. The van der Waals surface area contributed by atoms with Gasteiger partial charge in [0.05, 0.1) is 18.8 Å². The van der Waals surface area contributed by atoms with E-state index in [1.165, 1.54) is 20.4 Å². The molecule has 0 radical (unpaired) electrons. The minimum atomic E-state index is 0.374. The van der Waals surface area contributed by atoms with E-state index in [9.17, 15) is 0 Å². The Hall–Kier alpha value is -0.920. The molecule has 0 bridgehead atoms. The summed E-state index contributed by atoms with van der Waals surface area (Å²) in [7, 11) is 0. The van der Waals surface area contributed by atoms with Gasteiger partial charge in [-0.25, -0.2) is 0 Å². The fourth-order valence-corrected chi connectivity index (χ4v) is 3.14. The molecule has 0 amide bonds. The smallest absolute Gasteiger partial charge is 0.100 e. The van der Waals surface area contributed by atoms with E-state index < -0.39 is 0 Å². The molecule has 2 aliphatic rings. The van der Waals surface area contributed by atoms with Crippen molar-refractivity contribution in [2.24, 2.45) is 0 Å². The highest BCUT2D eigenvalue weighted by molar-refractivity contribution is 14.1. The predicted octanol–water partition coefficient (Wildman–Crippen LogP) is 2.20. The van der Waals surface area contributed by atoms with Gasteiger partial charge in [-0.15, -0.1) is 0 Å². The van der Waals surface area contributed by atoms with Gasteiger partial charge in [0, 0.05) is 39.9 Å². The topological polar surface area (TPSA) is 42.4 Å². The van der Waals surface area contributed by atoms with E-state index in [1.807, 2.05) is 0 Å². The molecule has 104 valence electrons. The second-order valence-corrected chi connectivity index (χ2v) is 6.59. The zero-order valence-electron chi connectivity index (χ0n) is 11.1. The summed E-state index contributed by atoms with van der Waals surface area (Å²) >= 11 is 2.33. The Morgan fingerprint density at radius 2 is 2.15 bits per heavy atom. The number of nitrogens with one attached hydrogen (secondary N) is 1. The third-order valence-electron chi connectivity index (χ3n) is 3.90. The van der Waals surface area contributed by atoms with Crippen LogP contribution in [0.3, 0.4) is 0 Å². The van der Waals surface area contributed by atoms with E-state index in [-0.39, 0.29) is 0 Å². The van der Waals surface area contributed by atoms with Crippen LogP contribution in [0.5, 0.6) is 0 Å². The van der Waals surface area contributed by atoms with Crippen molar-refractivity contribution in [2.75, 3.05) is 13.2 Å². The Balaban J connectivity index is 1.77. The molecular weight excluding hydrogens is 365 g/mol. The Labute approximate surface area is 131 Å². The molecular formula is C15H16IN3O. The maximum absolute atomic E-state index is 5.36. The first-order valence-electron chi connectivity index (χ1n) is 6.98. The van der Waals surface area contributed by atoms with Crippen LogP contribution >= 0.6 is 22.6 Å². The molecule has 2 aliphatic heterocycles. The number of aromatic nitrogens is 2. The molecule has 1 fully saturated rings. The normalized spacial score (nSPS) is 20.8. The van der Waals surface area contributed by atoms with Crippen LogP contribution in [0.4, 0.5) is 0 Å². The number of ether oxygens (including phenoxy) is 1. The Bertz CT molecular complexity index is 631. The number of nitrogens with zero attached hydrogens (tertiary/aromatic N) is 2. The third kappa shape index (κ3) is 2.38. The van der Waals surface area contributed by atoms with Crippen molar-refractivity contribution < 1.29 is 4.74 Å². The maximum Gasteiger partial charge on any atom is 0.100 e. The van der Waals surface area contributed by atoms with Crippen LogP contribution in [0, 0.1) is 3.57 Å². The van der Waals surface area contributed by atoms with Gasteiger partial charge in [0.1, 0.15) is 6.10 Å². The fraction of sp³-hybridized carbons (Fsp3) is 0.400. The summed E-state index contributed by atoms with van der Waals surface area (Å²) < 4.78 is 8.78. The largest absolute Gasteiger partial charge is 0.371 e. The summed E-state index contributed by atoms with van der Waals surface area (Å²) in [5.41, 5.74) is 5.08. The molecule has 5 heteroatoms. The molecule has 1 aromatic heterocycles. The molecule has 0 spiro atoms. The lowest BCUT2D eigenvalue weighted by Crippen LogP contribution is -2.25. The van der Waals surface area contributed by atoms with E-state index >= 15 is 0 Å². The molecule has 2 aromatic rings. The van der Waals surface area contributed by atoms with Gasteiger partial charge in [-0.05, 0) is 34.7 Å². The van der Waals surface area contributed by atoms with Crippen molar-refractivity contribution in [1.82, 2.24) is 15.1 Å². The first-order valence-corrected chi connectivity index (χ1v) is 8.06. The molecule has 0 aliphatic carbocycles. The molecule has 3 heterocycles. The monoisotopic (exact) mass is 381 g/mol. The van der Waals surface area contributed by atoms with Gasteiger partial charge in [-0.1, -0.05) is 12.1 Å². The van der Waals surface area contributed by atoms with Crippen LogP contribution in [0.2, 0.25) is 0 Å². The van der Waals surface area contributed by atoms with Crippen LogP contribution in [-0.2, 0) is 24.2 Å². The van der Waals surface area contributed by atoms with Gasteiger partial charge in [0.15, 0.2) is 0 Å². The van der Waals surface area contributed by atoms with Crippen molar-refractivity contribution in [3.05, 3.63) is 39.1 Å². The van der Waals surface area contributed by atoms with Crippen molar-refractivity contribution >= 4 is 22.6 Å². The minimum Gasteiger partial charge on any atom is -0.371 e. The lowest BCUT2D eigenvalue weighted by molar-refractivity contribution is 0.369. The highest BCUT2D eigenvalue weighted by Gasteiger charge is 2.27. The van der Waals surface area contributed by atoms with Gasteiger partial charge in [-0.2, -0.15) is 5.10 Å². The highest BCUT2D eigenvalue weighted by atomic mass is 127. The van der Waals surface area contributed by atoms with Crippen molar-refractivity contribution in [2.45, 2.75) is 25.6 Å². The van der Waals surface area contributed by atoms with E-state index in [1.54, 1.807) is 0 Å². The van der Waals surface area contributed by atoms with E-state index in [4.69, 9.17) is 9.84 Å². The lowest BCUT2D eigenvalue weighted by Gasteiger charge is -2.15. The SMILES string of the molecule is Ic1ccc(-c2nn(CC3CO3)c3c2CNCC3)cc1. The summed E-state index contributed by atoms with van der Waals surface area (Å²) in [6, 6.07) is 8.61. The number of epoxide rings is 1. The molecule has 20 heavy (non-hydrogen) atoms. The van der Waals surface area contributed by atoms with Crippen LogP contribution in [0.1, 0.15) is 11.3 Å². The molecule has 4 rings (SSSR count). The van der Waals surface area contributed by atoms with Crippen molar-refractivity contribution in [3.63, 3.8) is 0 Å². The van der Waals surface area contributed by atoms with Gasteiger partial charge in [0.25, 0.3) is 0 Å². The number of hydrogen-bond acceptors (Lipinski definition) is 3. The standard InChI is InChI=1S/C15H16IN3O/c16-11-3-1-10(2-4-11)15-13-7-17-6-5-14(13)19(18-15)8-12-9-20-12/h1-4,12,17H,5-9H2. The highest BCUT2D eigenvalue weighted by Crippen LogP contribution is 2.29. The van der Waals surface area contributed by atoms with Gasteiger partial charge >= 0.3 is 0 Å². The van der Waals surface area contributed by atoms with Crippen LogP contribution in [0.25, 0.3) is 11.3 Å². The summed E-state index contributed by atoms with van der Waals surface area (Å²) in [6.45, 7) is 3.73. The van der Waals surface area contributed by atoms with Crippen molar-refractivity contribution in [3.8, 4) is 11.3 Å². The first-order chi connectivity index (χ1) is 9.81. The third-order valence-corrected chi connectivity index (χ3v) is 4.62. The lowest BCUT2D eigenvalue weighted by atomic mass is 10.0. The number of halogens is 1. The van der Waals surface area contributed by atoms with E-state index in [2.05, 4.69) is 56.9 Å². The second-order valence-electron chi connectivity index (χ2n) is 5.34. The van der Waals surface area contributed by atoms with Gasteiger partial charge in [0.2, 0.25) is 0 Å².